The van der Waals surface area contributed by atoms with E-state index in [1.54, 1.807) is 11.1 Å². The molecule has 1 nitrogen and oxygen atoms in total. The average Bonchev–Trinajstić information content (AvgIpc) is 2.78. The molecule has 1 aliphatic rings. The van der Waals surface area contributed by atoms with Gasteiger partial charge in [-0.05, 0) is 50.3 Å². The fourth-order valence-electron chi connectivity index (χ4n) is 2.85. The van der Waals surface area contributed by atoms with Gasteiger partial charge in [-0.3, -0.25) is 0 Å². The summed E-state index contributed by atoms with van der Waals surface area (Å²) in [6.07, 6.45) is 4.62. The van der Waals surface area contributed by atoms with Crippen molar-refractivity contribution in [3.05, 3.63) is 35.4 Å². The third kappa shape index (κ3) is 2.90. The molecule has 0 heterocycles. The SMILES string of the molecule is CC#CCCC(NC)C1Cc2ccccc2C1. The molecule has 0 aliphatic heterocycles. The Kier molecular flexibility index (Phi) is 4.23. The highest BCUT2D eigenvalue weighted by Gasteiger charge is 2.26. The third-order valence-electron chi connectivity index (χ3n) is 3.78. The first-order chi connectivity index (χ1) is 8.35. The van der Waals surface area contributed by atoms with Gasteiger partial charge in [0.25, 0.3) is 0 Å². The zero-order valence-corrected chi connectivity index (χ0v) is 10.8. The van der Waals surface area contributed by atoms with Crippen LogP contribution in [0.3, 0.4) is 0 Å². The van der Waals surface area contributed by atoms with Crippen molar-refractivity contribution >= 4 is 0 Å². The quantitative estimate of drug-likeness (QED) is 0.780. The molecule has 0 radical (unpaired) electrons. The van der Waals surface area contributed by atoms with Gasteiger partial charge in [-0.1, -0.05) is 24.3 Å². The predicted molar refractivity (Wildman–Crippen MR) is 72.9 cm³/mol. The maximum absolute atomic E-state index is 3.47. The Labute approximate surface area is 105 Å². The second-order valence-electron chi connectivity index (χ2n) is 4.80. The van der Waals surface area contributed by atoms with E-state index in [9.17, 15) is 0 Å². The van der Waals surface area contributed by atoms with Crippen molar-refractivity contribution in [3.8, 4) is 11.8 Å². The molecule has 0 aromatic heterocycles. The van der Waals surface area contributed by atoms with Gasteiger partial charge in [0, 0.05) is 12.5 Å². The van der Waals surface area contributed by atoms with Crippen LogP contribution in [0.2, 0.25) is 0 Å². The Balaban J connectivity index is 1.97. The average molecular weight is 227 g/mol. The smallest absolute Gasteiger partial charge is 0.0108 e. The molecule has 0 saturated carbocycles. The lowest BCUT2D eigenvalue weighted by atomic mass is 9.93. The predicted octanol–water partition coefficient (Wildman–Crippen LogP) is 2.79. The van der Waals surface area contributed by atoms with Crippen LogP contribution in [0.1, 0.15) is 30.9 Å². The van der Waals surface area contributed by atoms with E-state index in [0.29, 0.717) is 6.04 Å². The van der Waals surface area contributed by atoms with Gasteiger partial charge in [-0.2, -0.15) is 0 Å². The van der Waals surface area contributed by atoms with E-state index in [1.807, 2.05) is 6.92 Å². The van der Waals surface area contributed by atoms with Crippen molar-refractivity contribution in [2.45, 2.75) is 38.6 Å². The van der Waals surface area contributed by atoms with Crippen molar-refractivity contribution < 1.29 is 0 Å². The minimum Gasteiger partial charge on any atom is -0.317 e. The van der Waals surface area contributed by atoms with Crippen LogP contribution in [-0.4, -0.2) is 13.1 Å². The van der Waals surface area contributed by atoms with E-state index in [2.05, 4.69) is 48.5 Å². The maximum Gasteiger partial charge on any atom is 0.0108 e. The van der Waals surface area contributed by atoms with Crippen molar-refractivity contribution in [3.63, 3.8) is 0 Å². The lowest BCUT2D eigenvalue weighted by molar-refractivity contribution is 0.369. The normalized spacial score (nSPS) is 16.1. The van der Waals surface area contributed by atoms with Gasteiger partial charge in [0.2, 0.25) is 0 Å². The second kappa shape index (κ2) is 5.89. The Bertz CT molecular complexity index is 400. The first-order valence-electron chi connectivity index (χ1n) is 6.48. The molecular formula is C16H21N. The summed E-state index contributed by atoms with van der Waals surface area (Å²) >= 11 is 0. The van der Waals surface area contributed by atoms with Crippen LogP contribution in [0.15, 0.2) is 24.3 Å². The first kappa shape index (κ1) is 12.2. The highest BCUT2D eigenvalue weighted by atomic mass is 14.9. The zero-order valence-electron chi connectivity index (χ0n) is 10.8. The number of rotatable bonds is 4. The van der Waals surface area contributed by atoms with Crippen LogP contribution in [0.5, 0.6) is 0 Å². The van der Waals surface area contributed by atoms with E-state index in [4.69, 9.17) is 0 Å². The zero-order chi connectivity index (χ0) is 12.1. The summed E-state index contributed by atoms with van der Waals surface area (Å²) < 4.78 is 0. The van der Waals surface area contributed by atoms with Gasteiger partial charge in [0.05, 0.1) is 0 Å². The number of hydrogen-bond acceptors (Lipinski definition) is 1. The van der Waals surface area contributed by atoms with Gasteiger partial charge in [0.15, 0.2) is 0 Å². The Hall–Kier alpha value is -1.26. The maximum atomic E-state index is 3.47. The molecule has 1 aliphatic carbocycles. The van der Waals surface area contributed by atoms with E-state index in [1.165, 1.54) is 12.8 Å². The van der Waals surface area contributed by atoms with Crippen LogP contribution in [0, 0.1) is 17.8 Å². The highest BCUT2D eigenvalue weighted by Crippen LogP contribution is 2.29. The summed E-state index contributed by atoms with van der Waals surface area (Å²) in [7, 11) is 2.08. The Morgan fingerprint density at radius 3 is 2.47 bits per heavy atom. The number of hydrogen-bond donors (Lipinski definition) is 1. The summed E-state index contributed by atoms with van der Waals surface area (Å²) in [4.78, 5) is 0. The number of fused-ring (bicyclic) bond motifs is 1. The molecule has 17 heavy (non-hydrogen) atoms. The van der Waals surface area contributed by atoms with Gasteiger partial charge < -0.3 is 5.32 Å². The molecule has 1 N–H and O–H groups in total. The van der Waals surface area contributed by atoms with Gasteiger partial charge in [-0.15, -0.1) is 11.8 Å². The first-order valence-corrected chi connectivity index (χ1v) is 6.48. The molecule has 1 atom stereocenters. The molecule has 0 saturated heterocycles. The van der Waals surface area contributed by atoms with Gasteiger partial charge >= 0.3 is 0 Å². The van der Waals surface area contributed by atoms with Gasteiger partial charge in [0.1, 0.15) is 0 Å². The second-order valence-corrected chi connectivity index (χ2v) is 4.80. The topological polar surface area (TPSA) is 12.0 Å². The van der Waals surface area contributed by atoms with Crippen molar-refractivity contribution in [2.24, 2.45) is 5.92 Å². The molecule has 0 amide bonds. The van der Waals surface area contributed by atoms with Crippen LogP contribution in [-0.2, 0) is 12.8 Å². The molecule has 0 spiro atoms. The highest BCUT2D eigenvalue weighted by molar-refractivity contribution is 5.32. The van der Waals surface area contributed by atoms with E-state index in [-0.39, 0.29) is 0 Å². The Morgan fingerprint density at radius 1 is 1.29 bits per heavy atom. The summed E-state index contributed by atoms with van der Waals surface area (Å²) in [5, 5.41) is 3.47. The summed E-state index contributed by atoms with van der Waals surface area (Å²) in [5.41, 5.74) is 3.08. The molecule has 1 heteroatoms. The molecule has 0 fully saturated rings. The van der Waals surface area contributed by atoms with Crippen molar-refractivity contribution in [2.75, 3.05) is 7.05 Å². The number of benzene rings is 1. The van der Waals surface area contributed by atoms with Crippen LogP contribution in [0.4, 0.5) is 0 Å². The summed E-state index contributed by atoms with van der Waals surface area (Å²) in [5.74, 6) is 6.89. The van der Waals surface area contributed by atoms with E-state index < -0.39 is 0 Å². The van der Waals surface area contributed by atoms with Crippen molar-refractivity contribution in [1.82, 2.24) is 5.32 Å². The summed E-state index contributed by atoms with van der Waals surface area (Å²) in [6, 6.07) is 9.45. The number of nitrogens with one attached hydrogen (secondary N) is 1. The van der Waals surface area contributed by atoms with Gasteiger partial charge in [-0.25, -0.2) is 0 Å². The monoisotopic (exact) mass is 227 g/mol. The minimum absolute atomic E-state index is 0.600. The molecular weight excluding hydrogens is 206 g/mol. The fourth-order valence-corrected chi connectivity index (χ4v) is 2.85. The standard InChI is InChI=1S/C16H21N/c1-3-4-5-10-16(17-2)15-11-13-8-6-7-9-14(13)12-15/h6-9,15-17H,5,10-12H2,1-2H3. The molecule has 1 unspecified atom stereocenters. The third-order valence-corrected chi connectivity index (χ3v) is 3.78. The van der Waals surface area contributed by atoms with Crippen molar-refractivity contribution in [1.29, 1.82) is 0 Å². The fraction of sp³-hybridized carbons (Fsp3) is 0.500. The lowest BCUT2D eigenvalue weighted by Crippen LogP contribution is -2.33. The molecule has 90 valence electrons. The molecule has 2 rings (SSSR count). The Morgan fingerprint density at radius 2 is 1.94 bits per heavy atom. The lowest BCUT2D eigenvalue weighted by Gasteiger charge is -2.22. The molecule has 0 bridgehead atoms. The van der Waals surface area contributed by atoms with E-state index in [0.717, 1.165) is 18.8 Å². The van der Waals surface area contributed by atoms with Crippen LogP contribution in [0.25, 0.3) is 0 Å². The summed E-state index contributed by atoms with van der Waals surface area (Å²) in [6.45, 7) is 1.92. The molecule has 1 aromatic carbocycles. The van der Waals surface area contributed by atoms with Crippen LogP contribution >= 0.6 is 0 Å². The largest absolute Gasteiger partial charge is 0.317 e. The van der Waals surface area contributed by atoms with E-state index >= 15 is 0 Å². The van der Waals surface area contributed by atoms with Crippen LogP contribution < -0.4 is 5.32 Å². The minimum atomic E-state index is 0.600. The molecule has 1 aromatic rings.